The number of amides is 1. The lowest BCUT2D eigenvalue weighted by Crippen LogP contribution is -2.42. The van der Waals surface area contributed by atoms with E-state index in [-0.39, 0.29) is 24.5 Å². The van der Waals surface area contributed by atoms with Crippen LogP contribution in [0.15, 0.2) is 29.2 Å². The highest BCUT2D eigenvalue weighted by Crippen LogP contribution is 2.23. The maximum Gasteiger partial charge on any atom is 0.307 e. The van der Waals surface area contributed by atoms with Gasteiger partial charge in [-0.1, -0.05) is 37.5 Å². The van der Waals surface area contributed by atoms with Crippen molar-refractivity contribution in [1.82, 2.24) is 5.32 Å². The third-order valence-corrected chi connectivity index (χ3v) is 5.43. The van der Waals surface area contributed by atoms with Gasteiger partial charge in [-0.2, -0.15) is 0 Å². The Morgan fingerprint density at radius 1 is 1.21 bits per heavy atom. The summed E-state index contributed by atoms with van der Waals surface area (Å²) in [7, 11) is 0. The third-order valence-electron chi connectivity index (χ3n) is 4.42. The monoisotopic (exact) mass is 349 g/mol. The topological polar surface area (TPSA) is 55.4 Å². The second kappa shape index (κ2) is 9.72. The molecule has 0 aliphatic heterocycles. The zero-order valence-corrected chi connectivity index (χ0v) is 15.4. The van der Waals surface area contributed by atoms with Gasteiger partial charge in [0.2, 0.25) is 0 Å². The Labute approximate surface area is 148 Å². The van der Waals surface area contributed by atoms with Gasteiger partial charge >= 0.3 is 5.97 Å². The van der Waals surface area contributed by atoms with Gasteiger partial charge < -0.3 is 10.1 Å². The molecule has 1 saturated carbocycles. The Hall–Kier alpha value is -1.49. The van der Waals surface area contributed by atoms with E-state index in [2.05, 4.69) is 24.4 Å². The fourth-order valence-corrected chi connectivity index (χ4v) is 3.72. The zero-order valence-electron chi connectivity index (χ0n) is 14.5. The first-order valence-corrected chi connectivity index (χ1v) is 9.67. The number of carbonyl (C=O) groups is 2. The molecule has 0 bridgehead atoms. The maximum absolute atomic E-state index is 11.9. The number of rotatable bonds is 7. The van der Waals surface area contributed by atoms with Crippen LogP contribution in [0.2, 0.25) is 0 Å². The minimum Gasteiger partial charge on any atom is -0.456 e. The predicted molar refractivity (Wildman–Crippen MR) is 97.0 cm³/mol. The molecule has 1 amide bonds. The van der Waals surface area contributed by atoms with Gasteiger partial charge in [-0.15, -0.1) is 11.8 Å². The van der Waals surface area contributed by atoms with Crippen molar-refractivity contribution in [3.8, 4) is 0 Å². The van der Waals surface area contributed by atoms with Crippen molar-refractivity contribution in [2.45, 2.75) is 56.9 Å². The molecule has 5 heteroatoms. The van der Waals surface area contributed by atoms with Gasteiger partial charge in [-0.05, 0) is 37.8 Å². The number of thioether (sulfide) groups is 1. The van der Waals surface area contributed by atoms with E-state index in [0.717, 1.165) is 24.2 Å². The summed E-state index contributed by atoms with van der Waals surface area (Å²) in [5, 5.41) is 2.99. The van der Waals surface area contributed by atoms with Crippen molar-refractivity contribution in [1.29, 1.82) is 0 Å². The quantitative estimate of drug-likeness (QED) is 0.602. The van der Waals surface area contributed by atoms with E-state index in [1.807, 2.05) is 19.1 Å². The Kier molecular flexibility index (Phi) is 7.63. The molecule has 2 rings (SSSR count). The van der Waals surface area contributed by atoms with Crippen molar-refractivity contribution < 1.29 is 14.3 Å². The molecule has 0 spiro atoms. The lowest BCUT2D eigenvalue weighted by molar-refractivity contribution is -0.148. The molecule has 1 aliphatic carbocycles. The van der Waals surface area contributed by atoms with Crippen molar-refractivity contribution in [3.63, 3.8) is 0 Å². The molecular formula is C19H27NO3S. The van der Waals surface area contributed by atoms with Crippen LogP contribution in [0.5, 0.6) is 0 Å². The van der Waals surface area contributed by atoms with E-state index in [1.165, 1.54) is 12.0 Å². The van der Waals surface area contributed by atoms with Crippen LogP contribution in [0.4, 0.5) is 0 Å². The van der Waals surface area contributed by atoms with E-state index >= 15 is 0 Å². The lowest BCUT2D eigenvalue weighted by atomic mass is 9.86. The van der Waals surface area contributed by atoms with Crippen LogP contribution in [0, 0.1) is 12.8 Å². The molecule has 0 aromatic heterocycles. The van der Waals surface area contributed by atoms with Gasteiger partial charge in [0.05, 0.1) is 6.42 Å². The SMILES string of the molecule is Cc1ccc(SCCC(=O)OCC(=O)NC2CCCCC2C)cc1. The van der Waals surface area contributed by atoms with E-state index in [0.29, 0.717) is 18.1 Å². The maximum atomic E-state index is 11.9. The van der Waals surface area contributed by atoms with Crippen LogP contribution in [0.1, 0.15) is 44.6 Å². The number of aryl methyl sites for hydroxylation is 1. The Balaban J connectivity index is 1.60. The number of ether oxygens (including phenoxy) is 1. The number of nitrogens with one attached hydrogen (secondary N) is 1. The standard InChI is InChI=1S/C19H27NO3S/c1-14-7-9-16(10-8-14)24-12-11-19(22)23-13-18(21)20-17-6-4-3-5-15(17)2/h7-10,15,17H,3-6,11-13H2,1-2H3,(H,20,21). The van der Waals surface area contributed by atoms with E-state index < -0.39 is 0 Å². The first kappa shape index (κ1) is 18.8. The summed E-state index contributed by atoms with van der Waals surface area (Å²) in [4.78, 5) is 24.8. The molecular weight excluding hydrogens is 322 g/mol. The van der Waals surface area contributed by atoms with E-state index in [1.54, 1.807) is 11.8 Å². The molecule has 132 valence electrons. The summed E-state index contributed by atoms with van der Waals surface area (Å²) in [5.41, 5.74) is 1.22. The molecule has 0 heterocycles. The number of hydrogen-bond donors (Lipinski definition) is 1. The van der Waals surface area contributed by atoms with Crippen molar-refractivity contribution in [2.24, 2.45) is 5.92 Å². The highest BCUT2D eigenvalue weighted by molar-refractivity contribution is 7.99. The normalized spacial score (nSPS) is 20.4. The van der Waals surface area contributed by atoms with Crippen molar-refractivity contribution >= 4 is 23.6 Å². The molecule has 1 aromatic rings. The molecule has 1 aliphatic rings. The average molecular weight is 349 g/mol. The summed E-state index contributed by atoms with van der Waals surface area (Å²) in [6.45, 7) is 4.04. The smallest absolute Gasteiger partial charge is 0.307 e. The highest BCUT2D eigenvalue weighted by Gasteiger charge is 2.23. The van der Waals surface area contributed by atoms with Gasteiger partial charge in [0.1, 0.15) is 0 Å². The molecule has 1 fully saturated rings. The van der Waals surface area contributed by atoms with Crippen LogP contribution in [0.25, 0.3) is 0 Å². The van der Waals surface area contributed by atoms with Crippen LogP contribution < -0.4 is 5.32 Å². The molecule has 2 unspecified atom stereocenters. The van der Waals surface area contributed by atoms with Crippen LogP contribution in [0.3, 0.4) is 0 Å². The number of benzene rings is 1. The summed E-state index contributed by atoms with van der Waals surface area (Å²) >= 11 is 1.62. The summed E-state index contributed by atoms with van der Waals surface area (Å²) in [6, 6.07) is 8.42. The minimum atomic E-state index is -0.318. The van der Waals surface area contributed by atoms with E-state index in [9.17, 15) is 9.59 Å². The van der Waals surface area contributed by atoms with Crippen molar-refractivity contribution in [3.05, 3.63) is 29.8 Å². The fourth-order valence-electron chi connectivity index (χ4n) is 2.88. The lowest BCUT2D eigenvalue weighted by Gasteiger charge is -2.29. The van der Waals surface area contributed by atoms with Gasteiger partial charge in [0, 0.05) is 16.7 Å². The van der Waals surface area contributed by atoms with Gasteiger partial charge in [-0.3, -0.25) is 9.59 Å². The average Bonchev–Trinajstić information content (AvgIpc) is 2.57. The summed E-state index contributed by atoms with van der Waals surface area (Å²) in [6.07, 6.45) is 4.88. The number of hydrogen-bond acceptors (Lipinski definition) is 4. The summed E-state index contributed by atoms with van der Waals surface area (Å²) in [5.74, 6) is 0.655. The van der Waals surface area contributed by atoms with Crippen LogP contribution >= 0.6 is 11.8 Å². The fraction of sp³-hybridized carbons (Fsp3) is 0.579. The predicted octanol–water partition coefficient (Wildman–Crippen LogP) is 3.72. The molecule has 2 atom stereocenters. The van der Waals surface area contributed by atoms with Crippen LogP contribution in [-0.4, -0.2) is 30.3 Å². The molecule has 24 heavy (non-hydrogen) atoms. The number of esters is 1. The molecule has 0 radical (unpaired) electrons. The van der Waals surface area contributed by atoms with Crippen molar-refractivity contribution in [2.75, 3.05) is 12.4 Å². The third kappa shape index (κ3) is 6.56. The first-order chi connectivity index (χ1) is 11.5. The molecule has 0 saturated heterocycles. The largest absolute Gasteiger partial charge is 0.456 e. The molecule has 1 N–H and O–H groups in total. The second-order valence-corrected chi connectivity index (χ2v) is 7.68. The van der Waals surface area contributed by atoms with Crippen LogP contribution in [-0.2, 0) is 14.3 Å². The first-order valence-electron chi connectivity index (χ1n) is 8.69. The molecule has 4 nitrogen and oxygen atoms in total. The number of carbonyl (C=O) groups excluding carboxylic acids is 2. The van der Waals surface area contributed by atoms with Gasteiger partial charge in [0.25, 0.3) is 5.91 Å². The minimum absolute atomic E-state index is 0.169. The summed E-state index contributed by atoms with van der Waals surface area (Å²) < 4.78 is 5.07. The Morgan fingerprint density at radius 2 is 1.92 bits per heavy atom. The Morgan fingerprint density at radius 3 is 2.62 bits per heavy atom. The highest BCUT2D eigenvalue weighted by atomic mass is 32.2. The Bertz CT molecular complexity index is 544. The molecule has 1 aromatic carbocycles. The zero-order chi connectivity index (χ0) is 17.4. The van der Waals surface area contributed by atoms with Gasteiger partial charge in [-0.25, -0.2) is 0 Å². The second-order valence-electron chi connectivity index (χ2n) is 6.51. The van der Waals surface area contributed by atoms with E-state index in [4.69, 9.17) is 4.74 Å². The van der Waals surface area contributed by atoms with Gasteiger partial charge in [0.15, 0.2) is 6.61 Å².